The molecule has 2 aromatic carbocycles. The van der Waals surface area contributed by atoms with Gasteiger partial charge < -0.3 is 15.5 Å². The summed E-state index contributed by atoms with van der Waals surface area (Å²) in [7, 11) is 3.68. The molecule has 0 fully saturated rings. The lowest BCUT2D eigenvalue weighted by molar-refractivity contribution is 0.0866. The number of likely N-dealkylation sites (N-methyl/N-ethyl adjacent to an activating group) is 1. The summed E-state index contributed by atoms with van der Waals surface area (Å²) in [5.74, 6) is -0.121. The van der Waals surface area contributed by atoms with Crippen LogP contribution in [0.3, 0.4) is 0 Å². The molecule has 0 bridgehead atoms. The Morgan fingerprint density at radius 1 is 1.19 bits per heavy atom. The van der Waals surface area contributed by atoms with Crippen molar-refractivity contribution in [3.63, 3.8) is 0 Å². The van der Waals surface area contributed by atoms with E-state index < -0.39 is 0 Å². The molecule has 3 aromatic rings. The third-order valence-corrected chi connectivity index (χ3v) is 5.94. The molecule has 4 rings (SSSR count). The minimum Gasteiger partial charge on any atom is -0.331 e. The van der Waals surface area contributed by atoms with Crippen LogP contribution < -0.4 is 10.6 Å². The molecule has 0 radical (unpaired) electrons. The van der Waals surface area contributed by atoms with E-state index in [-0.39, 0.29) is 29.9 Å². The van der Waals surface area contributed by atoms with E-state index in [4.69, 9.17) is 0 Å². The number of aryl methyl sites for hydroxylation is 1. The van der Waals surface area contributed by atoms with Gasteiger partial charge in [0, 0.05) is 5.39 Å². The molecule has 1 heterocycles. The highest BCUT2D eigenvalue weighted by atomic mass is 16.2. The van der Waals surface area contributed by atoms with Gasteiger partial charge in [0.1, 0.15) is 0 Å². The number of nitrogens with one attached hydrogen (secondary N) is 2. The quantitative estimate of drug-likeness (QED) is 0.641. The number of nitrogens with zero attached hydrogens (tertiary/aromatic N) is 3. The average Bonchev–Trinajstić information content (AvgIpc) is 3.31. The van der Waals surface area contributed by atoms with Gasteiger partial charge in [-0.2, -0.15) is 9.78 Å². The first-order chi connectivity index (χ1) is 15.1. The number of carbonyl (C=O) groups is 2. The third-order valence-electron chi connectivity index (χ3n) is 5.94. The molecule has 32 heavy (non-hydrogen) atoms. The molecule has 0 aliphatic heterocycles. The number of hydrogen-bond donors (Lipinski definition) is 2. The Hall–Kier alpha value is -3.19. The van der Waals surface area contributed by atoms with Crippen LogP contribution in [0.1, 0.15) is 54.7 Å². The minimum absolute atomic E-state index is 0.0115. The highest BCUT2D eigenvalue weighted by molar-refractivity contribution is 6.03. The molecule has 1 aliphatic carbocycles. The number of anilines is 1. The molecule has 0 unspecified atom stereocenters. The molecular weight excluding hydrogens is 402 g/mol. The van der Waals surface area contributed by atoms with Crippen LogP contribution in [0.4, 0.5) is 10.5 Å². The zero-order valence-corrected chi connectivity index (χ0v) is 19.4. The fourth-order valence-corrected chi connectivity index (χ4v) is 4.25. The number of rotatable bonds is 4. The van der Waals surface area contributed by atoms with E-state index in [0.717, 1.165) is 18.2 Å². The molecule has 2 N–H and O–H groups in total. The summed E-state index contributed by atoms with van der Waals surface area (Å²) in [5.41, 5.74) is 5.23. The van der Waals surface area contributed by atoms with Gasteiger partial charge in [-0.1, -0.05) is 45.0 Å². The number of carbonyl (C=O) groups excluding carboxylic acids is 2. The second-order valence-electron chi connectivity index (χ2n) is 9.78. The Bertz CT molecular complexity index is 1170. The predicted octanol–water partition coefficient (Wildman–Crippen LogP) is 4.34. The van der Waals surface area contributed by atoms with Crippen molar-refractivity contribution >= 4 is 28.5 Å². The second-order valence-corrected chi connectivity index (χ2v) is 9.78. The standard InChI is InChI=1S/C25H31N5O2/c1-25(2,3)17-10-11-18-16(13-17)9-12-21(18)28-24(32)27-20-7-6-8-22-19(20)14-26-30(22)23(31)15-29(4)5/h6-8,10-11,13-14,21H,9,12,15H2,1-5H3,(H2,27,28,32)/t21-/m1/s1. The van der Waals surface area contributed by atoms with Gasteiger partial charge in [0.05, 0.1) is 30.0 Å². The van der Waals surface area contributed by atoms with Crippen LogP contribution in [0.25, 0.3) is 10.9 Å². The fourth-order valence-electron chi connectivity index (χ4n) is 4.25. The Balaban J connectivity index is 1.49. The van der Waals surface area contributed by atoms with E-state index in [1.807, 2.05) is 32.3 Å². The van der Waals surface area contributed by atoms with Crippen LogP contribution in [0.15, 0.2) is 42.6 Å². The van der Waals surface area contributed by atoms with Crippen molar-refractivity contribution in [3.05, 3.63) is 59.3 Å². The number of hydrogen-bond acceptors (Lipinski definition) is 4. The third kappa shape index (κ3) is 4.39. The summed E-state index contributed by atoms with van der Waals surface area (Å²) in [6, 6.07) is 11.8. The SMILES string of the molecule is CN(C)CC(=O)n1ncc2c(NC(=O)N[C@@H]3CCc4cc(C(C)(C)C)ccc43)cccc21. The van der Waals surface area contributed by atoms with Crippen molar-refractivity contribution in [1.82, 2.24) is 20.0 Å². The van der Waals surface area contributed by atoms with Crippen molar-refractivity contribution in [1.29, 1.82) is 0 Å². The maximum absolute atomic E-state index is 12.8. The van der Waals surface area contributed by atoms with Crippen LogP contribution in [0.5, 0.6) is 0 Å². The molecule has 168 valence electrons. The maximum Gasteiger partial charge on any atom is 0.319 e. The first-order valence-corrected chi connectivity index (χ1v) is 11.0. The van der Waals surface area contributed by atoms with Crippen LogP contribution in [0.2, 0.25) is 0 Å². The Kier molecular flexibility index (Phi) is 5.77. The Morgan fingerprint density at radius 3 is 2.69 bits per heavy atom. The van der Waals surface area contributed by atoms with E-state index in [0.29, 0.717) is 11.2 Å². The van der Waals surface area contributed by atoms with E-state index in [9.17, 15) is 9.59 Å². The first kappa shape index (κ1) is 22.0. The van der Waals surface area contributed by atoms with E-state index in [1.54, 1.807) is 11.1 Å². The number of amides is 2. The van der Waals surface area contributed by atoms with Crippen LogP contribution in [0, 0.1) is 0 Å². The van der Waals surface area contributed by atoms with Crippen molar-refractivity contribution in [2.24, 2.45) is 0 Å². The number of urea groups is 1. The zero-order valence-electron chi connectivity index (χ0n) is 19.4. The minimum atomic E-state index is -0.261. The van der Waals surface area contributed by atoms with Gasteiger partial charge in [0.25, 0.3) is 5.91 Å². The van der Waals surface area contributed by atoms with Crippen LogP contribution in [-0.4, -0.2) is 47.3 Å². The lowest BCUT2D eigenvalue weighted by atomic mass is 9.85. The first-order valence-electron chi connectivity index (χ1n) is 11.0. The highest BCUT2D eigenvalue weighted by Crippen LogP contribution is 2.34. The van der Waals surface area contributed by atoms with Gasteiger partial charge in [-0.3, -0.25) is 4.79 Å². The van der Waals surface area contributed by atoms with Crippen molar-refractivity contribution in [2.75, 3.05) is 26.0 Å². The van der Waals surface area contributed by atoms with Gasteiger partial charge in [-0.25, -0.2) is 4.79 Å². The van der Waals surface area contributed by atoms with Crippen molar-refractivity contribution < 1.29 is 9.59 Å². The van der Waals surface area contributed by atoms with Crippen LogP contribution in [-0.2, 0) is 11.8 Å². The summed E-state index contributed by atoms with van der Waals surface area (Å²) in [6.07, 6.45) is 3.47. The summed E-state index contributed by atoms with van der Waals surface area (Å²) < 4.78 is 1.39. The molecule has 2 amide bonds. The summed E-state index contributed by atoms with van der Waals surface area (Å²) in [4.78, 5) is 27.1. The van der Waals surface area contributed by atoms with E-state index in [1.165, 1.54) is 21.4 Å². The molecule has 0 saturated heterocycles. The van der Waals surface area contributed by atoms with Gasteiger partial charge in [0.15, 0.2) is 0 Å². The maximum atomic E-state index is 12.8. The smallest absolute Gasteiger partial charge is 0.319 e. The largest absolute Gasteiger partial charge is 0.331 e. The van der Waals surface area contributed by atoms with E-state index >= 15 is 0 Å². The summed E-state index contributed by atoms with van der Waals surface area (Å²) >= 11 is 0. The zero-order chi connectivity index (χ0) is 23.0. The molecule has 7 nitrogen and oxygen atoms in total. The van der Waals surface area contributed by atoms with Crippen molar-refractivity contribution in [3.8, 4) is 0 Å². The second kappa shape index (κ2) is 8.39. The van der Waals surface area contributed by atoms with Gasteiger partial charge in [-0.15, -0.1) is 0 Å². The molecule has 1 aliphatic rings. The summed E-state index contributed by atoms with van der Waals surface area (Å²) in [6.45, 7) is 6.89. The number of fused-ring (bicyclic) bond motifs is 2. The Morgan fingerprint density at radius 2 is 1.97 bits per heavy atom. The molecule has 0 saturated carbocycles. The van der Waals surface area contributed by atoms with Gasteiger partial charge in [0.2, 0.25) is 0 Å². The number of aromatic nitrogens is 2. The molecule has 7 heteroatoms. The van der Waals surface area contributed by atoms with Crippen LogP contribution >= 0.6 is 0 Å². The lowest BCUT2D eigenvalue weighted by Crippen LogP contribution is -2.31. The number of benzene rings is 2. The average molecular weight is 434 g/mol. The fraction of sp³-hybridized carbons (Fsp3) is 0.400. The highest BCUT2D eigenvalue weighted by Gasteiger charge is 2.26. The van der Waals surface area contributed by atoms with Gasteiger partial charge >= 0.3 is 6.03 Å². The molecule has 0 spiro atoms. The predicted molar refractivity (Wildman–Crippen MR) is 127 cm³/mol. The topological polar surface area (TPSA) is 79.3 Å². The normalized spacial score (nSPS) is 15.8. The lowest BCUT2D eigenvalue weighted by Gasteiger charge is -2.21. The van der Waals surface area contributed by atoms with Gasteiger partial charge in [-0.05, 0) is 61.2 Å². The molecular formula is C25H31N5O2. The van der Waals surface area contributed by atoms with Crippen molar-refractivity contribution in [2.45, 2.75) is 45.1 Å². The Labute approximate surface area is 188 Å². The summed E-state index contributed by atoms with van der Waals surface area (Å²) in [5, 5.41) is 11.0. The molecule has 1 atom stereocenters. The molecule has 1 aromatic heterocycles. The monoisotopic (exact) mass is 433 g/mol. The van der Waals surface area contributed by atoms with E-state index in [2.05, 4.69) is 54.7 Å².